The van der Waals surface area contributed by atoms with Gasteiger partial charge in [-0.25, -0.2) is 0 Å². The van der Waals surface area contributed by atoms with Gasteiger partial charge in [0.2, 0.25) is 0 Å². The second kappa shape index (κ2) is 3.94. The SMILES string of the molecule is OCC=Cc1n[nH]c2cc(Br)ccc12. The predicted molar refractivity (Wildman–Crippen MR) is 59.9 cm³/mol. The van der Waals surface area contributed by atoms with Gasteiger partial charge in [-0.1, -0.05) is 22.0 Å². The molecule has 0 spiro atoms. The van der Waals surface area contributed by atoms with Crippen LogP contribution in [0.4, 0.5) is 0 Å². The van der Waals surface area contributed by atoms with Crippen molar-refractivity contribution in [3.63, 3.8) is 0 Å². The fraction of sp³-hybridized carbons (Fsp3) is 0.100. The Labute approximate surface area is 89.6 Å². The van der Waals surface area contributed by atoms with Crippen molar-refractivity contribution in [2.75, 3.05) is 6.61 Å². The summed E-state index contributed by atoms with van der Waals surface area (Å²) >= 11 is 3.39. The molecule has 1 heterocycles. The summed E-state index contributed by atoms with van der Waals surface area (Å²) in [6.45, 7) is 0.0326. The monoisotopic (exact) mass is 252 g/mol. The Kier molecular flexibility index (Phi) is 2.65. The van der Waals surface area contributed by atoms with E-state index in [2.05, 4.69) is 26.1 Å². The molecule has 0 saturated carbocycles. The molecule has 2 aromatic rings. The van der Waals surface area contributed by atoms with Gasteiger partial charge >= 0.3 is 0 Å². The minimum Gasteiger partial charge on any atom is -0.392 e. The Hall–Kier alpha value is -1.13. The standard InChI is InChI=1S/C10H9BrN2O/c11-7-3-4-8-9(2-1-5-14)12-13-10(8)6-7/h1-4,6,14H,5H2,(H,12,13). The Balaban J connectivity index is 2.53. The number of aliphatic hydroxyl groups excluding tert-OH is 1. The zero-order valence-corrected chi connectivity index (χ0v) is 8.95. The molecule has 2 N–H and O–H groups in total. The molecule has 0 aliphatic heterocycles. The molecule has 0 atom stereocenters. The number of aromatic amines is 1. The summed E-state index contributed by atoms with van der Waals surface area (Å²) in [5.41, 5.74) is 1.83. The summed E-state index contributed by atoms with van der Waals surface area (Å²) in [6, 6.07) is 5.92. The number of benzene rings is 1. The van der Waals surface area contributed by atoms with Crippen LogP contribution in [-0.2, 0) is 0 Å². The molecule has 0 saturated heterocycles. The van der Waals surface area contributed by atoms with Crippen molar-refractivity contribution in [3.8, 4) is 0 Å². The second-order valence-corrected chi connectivity index (χ2v) is 3.80. The zero-order valence-electron chi connectivity index (χ0n) is 7.37. The van der Waals surface area contributed by atoms with Gasteiger partial charge in [0, 0.05) is 9.86 Å². The molecule has 0 aliphatic carbocycles. The van der Waals surface area contributed by atoms with E-state index in [-0.39, 0.29) is 6.61 Å². The Bertz CT molecular complexity index is 476. The van der Waals surface area contributed by atoms with Crippen LogP contribution in [0.25, 0.3) is 17.0 Å². The summed E-state index contributed by atoms with van der Waals surface area (Å²) in [5, 5.41) is 16.8. The normalized spacial score (nSPS) is 11.6. The molecule has 0 bridgehead atoms. The lowest BCUT2D eigenvalue weighted by molar-refractivity contribution is 0.343. The highest BCUT2D eigenvalue weighted by Crippen LogP contribution is 2.21. The van der Waals surface area contributed by atoms with Crippen molar-refractivity contribution in [1.82, 2.24) is 10.2 Å². The molecular formula is C10H9BrN2O. The molecule has 4 heteroatoms. The van der Waals surface area contributed by atoms with E-state index in [1.165, 1.54) is 0 Å². The third-order valence-electron chi connectivity index (χ3n) is 1.94. The van der Waals surface area contributed by atoms with E-state index < -0.39 is 0 Å². The number of nitrogens with one attached hydrogen (secondary N) is 1. The average Bonchev–Trinajstić information content (AvgIpc) is 2.57. The van der Waals surface area contributed by atoms with Gasteiger partial charge in [0.1, 0.15) is 0 Å². The van der Waals surface area contributed by atoms with Crippen LogP contribution >= 0.6 is 15.9 Å². The summed E-state index contributed by atoms with van der Waals surface area (Å²) < 4.78 is 1.02. The van der Waals surface area contributed by atoms with Crippen LogP contribution in [-0.4, -0.2) is 21.9 Å². The maximum absolute atomic E-state index is 8.65. The van der Waals surface area contributed by atoms with Crippen LogP contribution in [0.3, 0.4) is 0 Å². The van der Waals surface area contributed by atoms with Crippen LogP contribution in [0.1, 0.15) is 5.69 Å². The molecule has 0 aliphatic rings. The molecule has 72 valence electrons. The molecule has 0 fully saturated rings. The van der Waals surface area contributed by atoms with Crippen LogP contribution < -0.4 is 0 Å². The number of rotatable bonds is 2. The van der Waals surface area contributed by atoms with Crippen molar-refractivity contribution in [3.05, 3.63) is 34.4 Å². The van der Waals surface area contributed by atoms with Crippen LogP contribution in [0.2, 0.25) is 0 Å². The van der Waals surface area contributed by atoms with Crippen LogP contribution in [0.15, 0.2) is 28.7 Å². The number of hydrogen-bond acceptors (Lipinski definition) is 2. The van der Waals surface area contributed by atoms with E-state index in [4.69, 9.17) is 5.11 Å². The average molecular weight is 253 g/mol. The number of aliphatic hydroxyl groups is 1. The van der Waals surface area contributed by atoms with E-state index in [1.807, 2.05) is 18.2 Å². The number of hydrogen-bond donors (Lipinski definition) is 2. The van der Waals surface area contributed by atoms with E-state index in [9.17, 15) is 0 Å². The summed E-state index contributed by atoms with van der Waals surface area (Å²) in [7, 11) is 0. The summed E-state index contributed by atoms with van der Waals surface area (Å²) in [5.74, 6) is 0. The van der Waals surface area contributed by atoms with Crippen molar-refractivity contribution in [2.45, 2.75) is 0 Å². The number of fused-ring (bicyclic) bond motifs is 1. The lowest BCUT2D eigenvalue weighted by Gasteiger charge is -1.90. The lowest BCUT2D eigenvalue weighted by Crippen LogP contribution is -1.75. The third-order valence-corrected chi connectivity index (χ3v) is 2.43. The first-order valence-corrected chi connectivity index (χ1v) is 5.01. The predicted octanol–water partition coefficient (Wildman–Crippen LogP) is 2.33. The van der Waals surface area contributed by atoms with E-state index in [1.54, 1.807) is 12.2 Å². The maximum Gasteiger partial charge on any atom is 0.0924 e. The Morgan fingerprint density at radius 1 is 1.50 bits per heavy atom. The van der Waals surface area contributed by atoms with Gasteiger partial charge in [-0.15, -0.1) is 0 Å². The number of aromatic nitrogens is 2. The third kappa shape index (κ3) is 1.71. The van der Waals surface area contributed by atoms with Crippen LogP contribution in [0.5, 0.6) is 0 Å². The van der Waals surface area contributed by atoms with E-state index >= 15 is 0 Å². The Morgan fingerprint density at radius 2 is 2.36 bits per heavy atom. The first-order valence-electron chi connectivity index (χ1n) is 4.22. The van der Waals surface area contributed by atoms with Crippen molar-refractivity contribution in [2.24, 2.45) is 0 Å². The van der Waals surface area contributed by atoms with E-state index in [0.717, 1.165) is 21.1 Å². The molecule has 1 aromatic heterocycles. The summed E-state index contributed by atoms with van der Waals surface area (Å²) in [4.78, 5) is 0. The van der Waals surface area contributed by atoms with Crippen molar-refractivity contribution < 1.29 is 5.11 Å². The minimum absolute atomic E-state index is 0.0326. The maximum atomic E-state index is 8.65. The lowest BCUT2D eigenvalue weighted by atomic mass is 10.2. The molecule has 3 nitrogen and oxygen atoms in total. The van der Waals surface area contributed by atoms with Gasteiger partial charge in [-0.3, -0.25) is 5.10 Å². The van der Waals surface area contributed by atoms with Crippen LogP contribution in [0, 0.1) is 0 Å². The zero-order chi connectivity index (χ0) is 9.97. The fourth-order valence-corrected chi connectivity index (χ4v) is 1.67. The number of nitrogens with zero attached hydrogens (tertiary/aromatic N) is 1. The smallest absolute Gasteiger partial charge is 0.0924 e. The quantitative estimate of drug-likeness (QED) is 0.862. The van der Waals surface area contributed by atoms with Gasteiger partial charge in [0.05, 0.1) is 17.8 Å². The highest BCUT2D eigenvalue weighted by molar-refractivity contribution is 9.10. The van der Waals surface area contributed by atoms with Gasteiger partial charge < -0.3 is 5.11 Å². The molecule has 14 heavy (non-hydrogen) atoms. The van der Waals surface area contributed by atoms with Gasteiger partial charge in [0.25, 0.3) is 0 Å². The van der Waals surface area contributed by atoms with Gasteiger partial charge in [-0.05, 0) is 24.3 Å². The molecular weight excluding hydrogens is 244 g/mol. The molecule has 0 amide bonds. The number of halogens is 1. The largest absolute Gasteiger partial charge is 0.392 e. The minimum atomic E-state index is 0.0326. The molecule has 2 rings (SSSR count). The fourth-order valence-electron chi connectivity index (χ4n) is 1.30. The first-order chi connectivity index (χ1) is 6.81. The number of H-pyrrole nitrogens is 1. The molecule has 0 unspecified atom stereocenters. The molecule has 1 aromatic carbocycles. The Morgan fingerprint density at radius 3 is 3.14 bits per heavy atom. The molecule has 0 radical (unpaired) electrons. The van der Waals surface area contributed by atoms with Crippen molar-refractivity contribution in [1.29, 1.82) is 0 Å². The van der Waals surface area contributed by atoms with Crippen molar-refractivity contribution >= 4 is 32.9 Å². The van der Waals surface area contributed by atoms with Gasteiger partial charge in [0.15, 0.2) is 0 Å². The first kappa shape index (κ1) is 9.43. The van der Waals surface area contributed by atoms with Gasteiger partial charge in [-0.2, -0.15) is 5.10 Å². The van der Waals surface area contributed by atoms with E-state index in [0.29, 0.717) is 0 Å². The highest BCUT2D eigenvalue weighted by Gasteiger charge is 2.01. The topological polar surface area (TPSA) is 48.9 Å². The summed E-state index contributed by atoms with van der Waals surface area (Å²) in [6.07, 6.45) is 3.46. The second-order valence-electron chi connectivity index (χ2n) is 2.88. The highest BCUT2D eigenvalue weighted by atomic mass is 79.9.